The molecular weight excluding hydrogens is 240 g/mol. The molecule has 7 heteroatoms. The summed E-state index contributed by atoms with van der Waals surface area (Å²) in [6.45, 7) is 0. The summed E-state index contributed by atoms with van der Waals surface area (Å²) in [5, 5.41) is 10.6. The Balaban J connectivity index is 1.91. The van der Waals surface area contributed by atoms with Crippen molar-refractivity contribution in [3.63, 3.8) is 0 Å². The van der Waals surface area contributed by atoms with E-state index in [0.29, 0.717) is 24.9 Å². The zero-order valence-electron chi connectivity index (χ0n) is 9.70. The molecule has 2 fully saturated rings. The molecule has 0 unspecified atom stereocenters. The number of nitrogens with one attached hydrogen (secondary N) is 1. The van der Waals surface area contributed by atoms with Gasteiger partial charge in [0, 0.05) is 19.1 Å². The number of hydrogen-bond donors (Lipinski definition) is 1. The number of hydrogen-bond acceptors (Lipinski definition) is 5. The zero-order valence-corrected chi connectivity index (χ0v) is 10.5. The predicted molar refractivity (Wildman–Crippen MR) is 61.2 cm³/mol. The molecule has 0 spiro atoms. The van der Waals surface area contributed by atoms with Gasteiger partial charge in [-0.25, -0.2) is 8.42 Å². The highest BCUT2D eigenvalue weighted by atomic mass is 32.2. The van der Waals surface area contributed by atoms with Crippen LogP contribution in [0.2, 0.25) is 0 Å². The first-order valence-corrected chi connectivity index (χ1v) is 7.46. The van der Waals surface area contributed by atoms with Crippen LogP contribution in [0.15, 0.2) is 11.5 Å². The fraction of sp³-hybridized carbons (Fsp3) is 0.800. The molecule has 2 atom stereocenters. The molecule has 0 radical (unpaired) electrons. The summed E-state index contributed by atoms with van der Waals surface area (Å²) >= 11 is 0. The number of aromatic nitrogens is 3. The topological polar surface area (TPSA) is 76.9 Å². The Morgan fingerprint density at radius 1 is 1.35 bits per heavy atom. The molecule has 0 saturated carbocycles. The van der Waals surface area contributed by atoms with Crippen LogP contribution >= 0.6 is 0 Å². The van der Waals surface area contributed by atoms with Crippen LogP contribution in [0.4, 0.5) is 0 Å². The molecule has 2 aliphatic heterocycles. The van der Waals surface area contributed by atoms with Gasteiger partial charge in [0.25, 0.3) is 0 Å². The summed E-state index contributed by atoms with van der Waals surface area (Å²) in [6.07, 6.45) is 5.02. The lowest BCUT2D eigenvalue weighted by Crippen LogP contribution is -2.43. The van der Waals surface area contributed by atoms with Crippen molar-refractivity contribution in [1.82, 2.24) is 20.1 Å². The number of rotatable bonds is 2. The first kappa shape index (κ1) is 11.2. The minimum absolute atomic E-state index is 0.101. The van der Waals surface area contributed by atoms with Crippen molar-refractivity contribution in [2.24, 2.45) is 7.05 Å². The molecule has 3 rings (SSSR count). The van der Waals surface area contributed by atoms with Crippen molar-refractivity contribution in [1.29, 1.82) is 0 Å². The van der Waals surface area contributed by atoms with Gasteiger partial charge in [-0.2, -0.15) is 0 Å². The van der Waals surface area contributed by atoms with Gasteiger partial charge in [-0.15, -0.1) is 10.2 Å². The molecule has 6 nitrogen and oxygen atoms in total. The Hall–Kier alpha value is -0.950. The van der Waals surface area contributed by atoms with E-state index in [1.165, 1.54) is 10.9 Å². The van der Waals surface area contributed by atoms with Gasteiger partial charge in [0.05, 0.1) is 5.25 Å². The highest BCUT2D eigenvalue weighted by Crippen LogP contribution is 2.32. The Morgan fingerprint density at radius 2 is 2.00 bits per heavy atom. The van der Waals surface area contributed by atoms with E-state index in [1.807, 2.05) is 0 Å². The predicted octanol–water partition coefficient (Wildman–Crippen LogP) is -0.128. The Bertz CT molecular complexity index is 512. The lowest BCUT2D eigenvalue weighted by molar-refractivity contribution is 0.399. The summed E-state index contributed by atoms with van der Waals surface area (Å²) in [6, 6.07) is 0.725. The van der Waals surface area contributed by atoms with Crippen LogP contribution in [-0.4, -0.2) is 40.5 Å². The number of aryl methyl sites for hydroxylation is 1. The van der Waals surface area contributed by atoms with E-state index in [2.05, 4.69) is 15.5 Å². The highest BCUT2D eigenvalue weighted by molar-refractivity contribution is 7.91. The second kappa shape index (κ2) is 3.78. The van der Waals surface area contributed by atoms with Crippen molar-refractivity contribution in [3.05, 3.63) is 6.33 Å². The molecule has 1 aromatic heterocycles. The first-order chi connectivity index (χ1) is 8.07. The normalized spacial score (nSPS) is 32.9. The summed E-state index contributed by atoms with van der Waals surface area (Å²) in [5.41, 5.74) is 0. The van der Waals surface area contributed by atoms with Gasteiger partial charge in [-0.1, -0.05) is 0 Å². The van der Waals surface area contributed by atoms with Gasteiger partial charge in [0.15, 0.2) is 0 Å². The van der Waals surface area contributed by atoms with Crippen LogP contribution in [0, 0.1) is 0 Å². The third-order valence-corrected chi connectivity index (χ3v) is 5.93. The molecule has 94 valence electrons. The van der Waals surface area contributed by atoms with Gasteiger partial charge >= 0.3 is 0 Å². The SMILES string of the molecule is Cn1cnnc1S(=O)(=O)C1C[C@H]2CC[C@H](C1)N2. The quantitative estimate of drug-likeness (QED) is 0.797. The number of fused-ring (bicyclic) bond motifs is 2. The van der Waals surface area contributed by atoms with E-state index in [4.69, 9.17) is 0 Å². The third kappa shape index (κ3) is 1.77. The summed E-state index contributed by atoms with van der Waals surface area (Å²) in [5.74, 6) is 0. The van der Waals surface area contributed by atoms with Crippen LogP contribution in [-0.2, 0) is 16.9 Å². The van der Waals surface area contributed by atoms with E-state index in [9.17, 15) is 8.42 Å². The summed E-state index contributed by atoms with van der Waals surface area (Å²) in [4.78, 5) is 0. The van der Waals surface area contributed by atoms with Gasteiger partial charge in [0.1, 0.15) is 6.33 Å². The van der Waals surface area contributed by atoms with Gasteiger partial charge in [-0.3, -0.25) is 0 Å². The van der Waals surface area contributed by atoms with E-state index in [-0.39, 0.29) is 10.4 Å². The van der Waals surface area contributed by atoms with Crippen LogP contribution in [0.5, 0.6) is 0 Å². The monoisotopic (exact) mass is 256 g/mol. The third-order valence-electron chi connectivity index (χ3n) is 3.79. The minimum atomic E-state index is -3.33. The number of sulfone groups is 1. The Morgan fingerprint density at radius 3 is 2.53 bits per heavy atom. The van der Waals surface area contributed by atoms with Crippen LogP contribution < -0.4 is 5.32 Å². The standard InChI is InChI=1S/C10H16N4O2S/c1-14-6-11-13-10(14)17(15,16)9-4-7-2-3-8(5-9)12-7/h6-9,12H,2-5H2,1H3/t7-,8-/m1/s1. The van der Waals surface area contributed by atoms with Crippen molar-refractivity contribution in [3.8, 4) is 0 Å². The van der Waals surface area contributed by atoms with E-state index in [1.54, 1.807) is 7.05 Å². The molecular formula is C10H16N4O2S. The second-order valence-corrected chi connectivity index (χ2v) is 7.12. The molecule has 2 aliphatic rings. The molecule has 0 aliphatic carbocycles. The molecule has 2 saturated heterocycles. The summed E-state index contributed by atoms with van der Waals surface area (Å²) < 4.78 is 26.4. The van der Waals surface area contributed by atoms with Gasteiger partial charge in [0.2, 0.25) is 15.0 Å². The van der Waals surface area contributed by atoms with Crippen LogP contribution in [0.25, 0.3) is 0 Å². The van der Waals surface area contributed by atoms with Crippen LogP contribution in [0.3, 0.4) is 0 Å². The smallest absolute Gasteiger partial charge is 0.249 e. The highest BCUT2D eigenvalue weighted by Gasteiger charge is 2.41. The minimum Gasteiger partial charge on any atom is -0.311 e. The Labute approximate surface area is 100 Å². The molecule has 0 amide bonds. The fourth-order valence-electron chi connectivity index (χ4n) is 2.94. The maximum atomic E-state index is 12.4. The van der Waals surface area contributed by atoms with Crippen LogP contribution in [0.1, 0.15) is 25.7 Å². The van der Waals surface area contributed by atoms with E-state index in [0.717, 1.165) is 12.8 Å². The van der Waals surface area contributed by atoms with Crippen molar-refractivity contribution in [2.75, 3.05) is 0 Å². The number of piperidine rings is 1. The average Bonchev–Trinajstić information content (AvgIpc) is 2.85. The Kier molecular flexibility index (Phi) is 2.48. The fourth-order valence-corrected chi connectivity index (χ4v) is 4.82. The lowest BCUT2D eigenvalue weighted by Gasteiger charge is -2.28. The maximum absolute atomic E-state index is 12.4. The van der Waals surface area contributed by atoms with Crippen molar-refractivity contribution >= 4 is 9.84 Å². The molecule has 2 bridgehead atoms. The zero-order chi connectivity index (χ0) is 12.0. The molecule has 0 aromatic carbocycles. The molecule has 17 heavy (non-hydrogen) atoms. The van der Waals surface area contributed by atoms with Gasteiger partial charge in [-0.05, 0) is 25.7 Å². The lowest BCUT2D eigenvalue weighted by atomic mass is 10.1. The second-order valence-electron chi connectivity index (χ2n) is 5.00. The van der Waals surface area contributed by atoms with Crippen molar-refractivity contribution in [2.45, 2.75) is 48.2 Å². The van der Waals surface area contributed by atoms with E-state index < -0.39 is 9.84 Å². The first-order valence-electron chi connectivity index (χ1n) is 5.91. The molecule has 3 heterocycles. The van der Waals surface area contributed by atoms with Gasteiger partial charge < -0.3 is 9.88 Å². The maximum Gasteiger partial charge on any atom is 0.249 e. The van der Waals surface area contributed by atoms with E-state index >= 15 is 0 Å². The molecule has 1 N–H and O–H groups in total. The number of nitrogens with zero attached hydrogens (tertiary/aromatic N) is 3. The van der Waals surface area contributed by atoms with Crippen molar-refractivity contribution < 1.29 is 8.42 Å². The molecule has 1 aromatic rings. The average molecular weight is 256 g/mol. The largest absolute Gasteiger partial charge is 0.311 e. The summed E-state index contributed by atoms with van der Waals surface area (Å²) in [7, 11) is -1.66.